The molecule has 16 N–H and O–H groups in total. The average molecular weight is 2080 g/mol. The van der Waals surface area contributed by atoms with Crippen LogP contribution in [0.2, 0.25) is 0 Å². The molecule has 46 nitrogen and oxygen atoms in total. The molecule has 30 heterocycles. The molecule has 30 saturated heterocycles. The Labute approximate surface area is 936 Å². The van der Waals surface area contributed by atoms with Crippen molar-refractivity contribution < 1.29 is 433 Å². The normalized spacial score (nSPS) is 39.9. The van der Waals surface area contributed by atoms with Gasteiger partial charge in [0.2, 0.25) is 0 Å². The maximum atomic E-state index is 12.1. The first kappa shape index (κ1) is 137. The van der Waals surface area contributed by atoms with Gasteiger partial charge in [0.05, 0.1) is 48.8 Å². The van der Waals surface area contributed by atoms with Gasteiger partial charge in [-0.25, -0.2) is 0 Å². The summed E-state index contributed by atoms with van der Waals surface area (Å²) in [5.74, 6) is -7.86. The summed E-state index contributed by atoms with van der Waals surface area (Å²) in [5.41, 5.74) is 0. The molecule has 0 spiro atoms. The first-order valence-corrected chi connectivity index (χ1v) is 46.5. The third kappa shape index (κ3) is 40.3. The zero-order valence-electron chi connectivity index (χ0n) is 71.9. The number of rotatable bonds is 30. The fraction of sp³-hybridized carbons (Fsp3) is 0.855. The Bertz CT molecular complexity index is 3250. The van der Waals surface area contributed by atoms with Gasteiger partial charge < -0.3 is 218 Å². The average Bonchev–Trinajstić information content (AvgIpc) is 0.769. The van der Waals surface area contributed by atoms with Gasteiger partial charge in [0.15, 0.2) is 50.3 Å². The smallest absolute Gasteiger partial charge is 0.550 e. The second kappa shape index (κ2) is 71.2. The molecule has 30 fully saturated rings. The molecule has 16 bridgehead atoms. The molecule has 0 aromatic heterocycles. The van der Waals surface area contributed by atoms with Crippen molar-refractivity contribution >= 4 is 137 Å². The van der Waals surface area contributed by atoms with Gasteiger partial charge in [-0.05, 0) is 48.7 Å². The number of hydrogen-bond acceptors (Lipinski definition) is 54. The largest absolute Gasteiger partial charge is 1.00 e. The molecule has 708 valence electrons. The number of aliphatic hydroxyl groups excluding tert-OH is 16. The second-order valence-corrected chi connectivity index (χ2v) is 36.4. The van der Waals surface area contributed by atoms with E-state index in [-0.39, 0.29) is 306 Å². The molecule has 30 aliphatic heterocycles. The van der Waals surface area contributed by atoms with Crippen LogP contribution in [0.5, 0.6) is 0 Å². The maximum absolute atomic E-state index is 12.1. The van der Waals surface area contributed by atoms with E-state index in [2.05, 4.69) is 33.4 Å². The Morgan fingerprint density at radius 3 is 0.485 bits per heavy atom. The minimum Gasteiger partial charge on any atom is -0.550 e. The van der Waals surface area contributed by atoms with Gasteiger partial charge in [0.1, 0.15) is 146 Å². The van der Waals surface area contributed by atoms with E-state index in [9.17, 15) is 121 Å². The Morgan fingerprint density at radius 1 is 0.238 bits per heavy atom. The van der Waals surface area contributed by atoms with Gasteiger partial charge in [-0.1, -0.05) is 0 Å². The summed E-state index contributed by atoms with van der Waals surface area (Å²) in [6.07, 6.45) is -77.5. The predicted molar refractivity (Wildman–Crippen MR) is 409 cm³/mol. The van der Waals surface area contributed by atoms with E-state index in [1.807, 2.05) is 0 Å². The van der Waals surface area contributed by atoms with Crippen molar-refractivity contribution in [3.63, 3.8) is 0 Å². The van der Waals surface area contributed by atoms with E-state index in [0.717, 1.165) is 82.3 Å². The van der Waals surface area contributed by atoms with Gasteiger partial charge in [-0.2, -0.15) is 124 Å². The van der Waals surface area contributed by atoms with Crippen LogP contribution in [0.15, 0.2) is 0 Å². The van der Waals surface area contributed by atoms with Crippen molar-refractivity contribution in [2.75, 3.05) is 86.3 Å². The molecule has 61 heteroatoms. The molecule has 30 rings (SSSR count). The summed E-state index contributed by atoms with van der Waals surface area (Å²) in [7, 11) is 0. The predicted octanol–water partition coefficient (Wildman–Crippen LogP) is -34.9. The summed E-state index contributed by atoms with van der Waals surface area (Å²) in [4.78, 5) is 95.0. The SMILES string of the molecule is O=C=O.O=C=O.O=C=O.[CH2-]CSCC1O[C@@H]2O[C@@H]3C(CSCCC(=O)[O-])O[C@@H](O[C@@H]4C(CSC[CH2-])O[C@@H](O[C@@H]5C(CSC[CH2-])O[C@H](O[C@@H]6C(CSCCC(=O)[O-])O[C@H](O[C@@H]7C(CS)O[C@H](O[C@@H]8C(CSCCC(=O)[O-])O[C@H](O[C@@H]9C(CSCCC(=O)[O-])O[C@H](O[C@H]1[C@H](O)C2O)C(O)[C@H]9O)C(O)[C@H]8O)C(O)[C@H]7O)C(O)[C@H]6O)C(O)[C@H]5O)C(O)[C@H]4O)C(O)[C@H]3O.[Na+].[Na+].[Na+].[Na+].[Na+].[Na+].[Na+]. The minimum atomic E-state index is -2.24. The summed E-state index contributed by atoms with van der Waals surface area (Å²) < 4.78 is 99.7. The molecule has 0 amide bonds. The Morgan fingerprint density at radius 2 is 0.362 bits per heavy atom. The number of hydrogen-bond donors (Lipinski definition) is 17. The van der Waals surface area contributed by atoms with Crippen LogP contribution in [-0.2, 0) is 124 Å². The number of aliphatic carboxylic acids is 4. The molecule has 16 unspecified atom stereocenters. The van der Waals surface area contributed by atoms with Crippen LogP contribution < -0.4 is 227 Å². The zero-order valence-corrected chi connectivity index (χ0v) is 92.5. The van der Waals surface area contributed by atoms with Crippen LogP contribution in [0.4, 0.5) is 0 Å². The Kier molecular flexibility index (Phi) is 74.8. The molecule has 0 radical (unpaired) electrons. The van der Waals surface area contributed by atoms with E-state index in [1.54, 1.807) is 0 Å². The van der Waals surface area contributed by atoms with Gasteiger partial charge in [-0.3, -0.25) is 0 Å². The molecule has 0 aliphatic carbocycles. The number of thioether (sulfide) groups is 7. The van der Waals surface area contributed by atoms with E-state index >= 15 is 0 Å². The van der Waals surface area contributed by atoms with Crippen LogP contribution in [0.3, 0.4) is 0 Å². The number of ether oxygens (including phenoxy) is 16. The first-order chi connectivity index (χ1) is 58.6. The van der Waals surface area contributed by atoms with Gasteiger partial charge in [-0.15, -0.1) is 17.3 Å². The van der Waals surface area contributed by atoms with E-state index in [0.29, 0.717) is 0 Å². The van der Waals surface area contributed by atoms with Crippen molar-refractivity contribution in [3.8, 4) is 0 Å². The number of carboxylic acid groups (broad SMARTS) is 4. The Balaban J connectivity index is 0. The number of carboxylic acids is 4. The first-order valence-electron chi connectivity index (χ1n) is 37.7. The minimum absolute atomic E-state index is 0. The van der Waals surface area contributed by atoms with Gasteiger partial charge >= 0.3 is 225 Å². The van der Waals surface area contributed by atoms with Crippen LogP contribution in [0.1, 0.15) is 25.7 Å². The molecular weight excluding hydrogens is 1980 g/mol. The summed E-state index contributed by atoms with van der Waals surface area (Å²) in [6.45, 7) is 11.5. The van der Waals surface area contributed by atoms with Crippen molar-refractivity contribution in [2.45, 2.75) is 271 Å². The third-order valence-corrected chi connectivity index (χ3v) is 27.0. The molecular formula is C69H101Na7O46S8. The fourth-order valence-electron chi connectivity index (χ4n) is 13.8. The molecule has 40 atom stereocenters. The molecule has 0 aromatic rings. The standard InChI is InChI=1S/C66H105O40S8.3CO2.7Na/c1-4-108-16-24-52-37(77)46(86)62(93-24)104-56-28(20-112-12-8-32(69)70)95-60(44(84)39(56)79)99-51-23(15-107)91-59(43(83)35(51)75)100-55-27(19-111-11-7-31(67)68)96-66(48(88)40(55)80)106-58-30(22-114-14-10-34(73)74)98-65(50(90)42(58)82)103-54-26(18-110-6-3)94-63(47(87)38(54)78)105-57-29(21-113-13-9-33(71)72)97-64(49(89)41(57)81)102-53-25(17-109-5-2)92-61(101-52)45(85)36(53)76;3*2-1-3;;;;;;;/h23-30,35-66,75-90,107H,1-22H2,(H,67,68)(H,69,70)(H,71,72)(H,73,74);;;;;;;;;;/q-3;;;;7*+1/p-4/t23?,24?,25?,26?,27?,28?,29?,30?,35-,36-,37-,38-,39-,40-,41-,42-,43?,44?,45?,46?,47?,48?,49?,50?,51-,52-,53-,54-,55-,56-,57-,58-,59-,60-,61+,62-,63-,64+,65-,66-;;;;;;;;;;/m1........../s1. The van der Waals surface area contributed by atoms with Crippen LogP contribution >= 0.6 is 95.0 Å². The number of aliphatic hydroxyl groups is 16. The molecule has 130 heavy (non-hydrogen) atoms. The van der Waals surface area contributed by atoms with E-state index in [1.165, 1.54) is 0 Å². The number of carbonyl (C=O) groups is 4. The van der Waals surface area contributed by atoms with Crippen molar-refractivity contribution in [1.82, 2.24) is 0 Å². The van der Waals surface area contributed by atoms with E-state index in [4.69, 9.17) is 105 Å². The Hall–Kier alpha value is 4.54. The number of thiol groups is 1. The number of carbonyl (C=O) groups excluding carboxylic acids is 10. The fourth-order valence-corrected chi connectivity index (χ4v) is 20.0. The quantitative estimate of drug-likeness (QED) is 0.0137. The monoisotopic (exact) mass is 2080 g/mol. The summed E-state index contributed by atoms with van der Waals surface area (Å²) in [5, 5.41) is 239. The van der Waals surface area contributed by atoms with Crippen LogP contribution in [0.25, 0.3) is 0 Å². The van der Waals surface area contributed by atoms with Crippen molar-refractivity contribution in [3.05, 3.63) is 20.8 Å². The van der Waals surface area contributed by atoms with E-state index < -0.39 is 301 Å². The van der Waals surface area contributed by atoms with Gasteiger partial charge in [0.25, 0.3) is 0 Å². The maximum Gasteiger partial charge on any atom is 1.00 e. The second-order valence-electron chi connectivity index (χ2n) is 27.9. The van der Waals surface area contributed by atoms with Crippen molar-refractivity contribution in [2.24, 2.45) is 0 Å². The van der Waals surface area contributed by atoms with Crippen LogP contribution in [-0.4, -0.2) is 456 Å². The topological polar surface area (TPSA) is 734 Å². The van der Waals surface area contributed by atoms with Gasteiger partial charge in [0, 0.05) is 69.9 Å². The van der Waals surface area contributed by atoms with Crippen LogP contribution in [0, 0.1) is 20.8 Å². The summed E-state index contributed by atoms with van der Waals surface area (Å²) >= 11 is 11.4. The van der Waals surface area contributed by atoms with Crippen molar-refractivity contribution in [1.29, 1.82) is 0 Å². The third-order valence-electron chi connectivity index (χ3n) is 19.8. The summed E-state index contributed by atoms with van der Waals surface area (Å²) in [6, 6.07) is 0. The molecule has 0 aromatic carbocycles. The molecule has 0 saturated carbocycles. The molecule has 30 aliphatic rings. The zero-order chi connectivity index (χ0) is 91.2.